The minimum absolute atomic E-state index is 0.108. The van der Waals surface area contributed by atoms with Crippen LogP contribution in [0.15, 0.2) is 0 Å². The maximum Gasteiger partial charge on any atom is 0.330 e. The fourth-order valence-corrected chi connectivity index (χ4v) is 1.15. The lowest BCUT2D eigenvalue weighted by Crippen LogP contribution is -2.15. The number of nitrogens with two attached hydrogens (primary N) is 1. The summed E-state index contributed by atoms with van der Waals surface area (Å²) in [6.07, 6.45) is 4.39. The van der Waals surface area contributed by atoms with Gasteiger partial charge in [0.05, 0.1) is 6.61 Å². The van der Waals surface area contributed by atoms with Gasteiger partial charge in [0, 0.05) is 19.4 Å². The molecule has 1 unspecified atom stereocenters. The molecule has 18 heavy (non-hydrogen) atoms. The van der Waals surface area contributed by atoms with Gasteiger partial charge >= 0.3 is 16.3 Å². The predicted octanol–water partition coefficient (Wildman–Crippen LogP) is 0.486. The third kappa shape index (κ3) is 24.5. The monoisotopic (exact) mass is 285 g/mol. The molecule has 110 valence electrons. The Labute approximate surface area is 108 Å². The Morgan fingerprint density at radius 3 is 2.22 bits per heavy atom. The molecule has 0 heterocycles. The van der Waals surface area contributed by atoms with Gasteiger partial charge in [0.2, 0.25) is 0 Å². The van der Waals surface area contributed by atoms with E-state index in [4.69, 9.17) is 22.8 Å². The maximum atomic E-state index is 10.5. The number of rotatable bonds is 7. The van der Waals surface area contributed by atoms with Gasteiger partial charge in [0.15, 0.2) is 0 Å². The molecule has 0 aromatic carbocycles. The average Bonchev–Trinajstić information content (AvgIpc) is 2.20. The highest BCUT2D eigenvalue weighted by atomic mass is 32.2. The summed E-state index contributed by atoms with van der Waals surface area (Å²) >= 11 is 0. The SMILES string of the molecule is CCCCCC(CO)COC(C)=O.NS(=O)(=O)O. The van der Waals surface area contributed by atoms with Crippen molar-refractivity contribution in [2.75, 3.05) is 13.2 Å². The standard InChI is InChI=1S/C10H20O3.H3NO3S/c1-3-4-5-6-10(7-11)8-13-9(2)12;1-5(2,3)4/h10-11H,3-8H2,1-2H3;(H3,1,2,3,4). The van der Waals surface area contributed by atoms with E-state index >= 15 is 0 Å². The molecular formula is C10H23NO6S. The number of carbonyl (C=O) groups excluding carboxylic acids is 1. The van der Waals surface area contributed by atoms with E-state index in [2.05, 4.69) is 12.1 Å². The molecule has 0 aliphatic heterocycles. The zero-order valence-corrected chi connectivity index (χ0v) is 11.6. The summed E-state index contributed by atoms with van der Waals surface area (Å²) in [6.45, 7) is 3.99. The first-order valence-electron chi connectivity index (χ1n) is 5.70. The van der Waals surface area contributed by atoms with Crippen LogP contribution in [0.4, 0.5) is 0 Å². The highest BCUT2D eigenvalue weighted by Gasteiger charge is 2.08. The lowest BCUT2D eigenvalue weighted by molar-refractivity contribution is -0.142. The summed E-state index contributed by atoms with van der Waals surface area (Å²) in [5.74, 6) is -0.149. The Balaban J connectivity index is 0. The quantitative estimate of drug-likeness (QED) is 0.355. The molecule has 1 atom stereocenters. The number of hydrogen-bond donors (Lipinski definition) is 3. The van der Waals surface area contributed by atoms with Gasteiger partial charge in [0.25, 0.3) is 0 Å². The van der Waals surface area contributed by atoms with Crippen molar-refractivity contribution in [3.8, 4) is 0 Å². The molecule has 0 aromatic heterocycles. The molecule has 4 N–H and O–H groups in total. The van der Waals surface area contributed by atoms with Crippen molar-refractivity contribution in [1.82, 2.24) is 0 Å². The van der Waals surface area contributed by atoms with Gasteiger partial charge in [-0.25, -0.2) is 5.14 Å². The van der Waals surface area contributed by atoms with E-state index in [1.807, 2.05) is 0 Å². The van der Waals surface area contributed by atoms with Gasteiger partial charge in [-0.15, -0.1) is 0 Å². The molecule has 0 saturated carbocycles. The van der Waals surface area contributed by atoms with Crippen molar-refractivity contribution in [3.05, 3.63) is 0 Å². The molecule has 0 radical (unpaired) electrons. The summed E-state index contributed by atoms with van der Waals surface area (Å²) in [4.78, 5) is 10.5. The van der Waals surface area contributed by atoms with Gasteiger partial charge in [0.1, 0.15) is 0 Å². The number of aliphatic hydroxyl groups excluding tert-OH is 1. The Morgan fingerprint density at radius 1 is 1.39 bits per heavy atom. The third-order valence-electron chi connectivity index (χ3n) is 2.00. The van der Waals surface area contributed by atoms with Crippen molar-refractivity contribution in [1.29, 1.82) is 0 Å². The zero-order valence-electron chi connectivity index (χ0n) is 10.8. The van der Waals surface area contributed by atoms with E-state index < -0.39 is 10.3 Å². The first kappa shape index (κ1) is 19.6. The highest BCUT2D eigenvalue weighted by molar-refractivity contribution is 7.83. The third-order valence-corrected chi connectivity index (χ3v) is 2.00. The highest BCUT2D eigenvalue weighted by Crippen LogP contribution is 2.09. The van der Waals surface area contributed by atoms with E-state index in [0.29, 0.717) is 6.61 Å². The van der Waals surface area contributed by atoms with Gasteiger partial charge in [-0.05, 0) is 6.42 Å². The van der Waals surface area contributed by atoms with E-state index in [9.17, 15) is 4.79 Å². The molecule has 0 bridgehead atoms. The summed E-state index contributed by atoms with van der Waals surface area (Å²) in [5.41, 5.74) is 0. The first-order valence-corrected chi connectivity index (χ1v) is 7.20. The number of unbranched alkanes of at least 4 members (excludes halogenated alkanes) is 2. The molecule has 0 aliphatic carbocycles. The van der Waals surface area contributed by atoms with Crippen molar-refractivity contribution >= 4 is 16.3 Å². The number of carbonyl (C=O) groups is 1. The Hall–Kier alpha value is -0.700. The van der Waals surface area contributed by atoms with Crippen molar-refractivity contribution < 1.29 is 27.6 Å². The van der Waals surface area contributed by atoms with Crippen LogP contribution in [0.1, 0.15) is 39.5 Å². The molecule has 0 rings (SSSR count). The minimum atomic E-state index is -4.17. The van der Waals surface area contributed by atoms with E-state index in [-0.39, 0.29) is 18.5 Å². The minimum Gasteiger partial charge on any atom is -0.465 e. The van der Waals surface area contributed by atoms with Gasteiger partial charge in [-0.2, -0.15) is 8.42 Å². The summed E-state index contributed by atoms with van der Waals surface area (Å²) in [6, 6.07) is 0. The van der Waals surface area contributed by atoms with Crippen LogP contribution in [-0.2, 0) is 19.8 Å². The molecule has 0 saturated heterocycles. The fourth-order valence-electron chi connectivity index (χ4n) is 1.15. The van der Waals surface area contributed by atoms with Crippen molar-refractivity contribution in [2.24, 2.45) is 11.1 Å². The predicted molar refractivity (Wildman–Crippen MR) is 67.1 cm³/mol. The second-order valence-corrected chi connectivity index (χ2v) is 4.89. The van der Waals surface area contributed by atoms with Crippen LogP contribution in [-0.4, -0.2) is 37.3 Å². The van der Waals surface area contributed by atoms with Gasteiger partial charge in [-0.3, -0.25) is 9.35 Å². The average molecular weight is 285 g/mol. The molecule has 0 spiro atoms. The first-order chi connectivity index (χ1) is 8.20. The summed E-state index contributed by atoms with van der Waals surface area (Å²) in [7, 11) is -4.17. The molecular weight excluding hydrogens is 262 g/mol. The van der Waals surface area contributed by atoms with E-state index in [1.54, 1.807) is 0 Å². The second kappa shape index (κ2) is 11.4. The number of ether oxygens (including phenoxy) is 1. The number of esters is 1. The molecule has 0 amide bonds. The van der Waals surface area contributed by atoms with Crippen molar-refractivity contribution in [3.63, 3.8) is 0 Å². The van der Waals surface area contributed by atoms with Crippen LogP contribution < -0.4 is 5.14 Å². The number of aliphatic hydroxyl groups is 1. The zero-order chi connectivity index (χ0) is 14.6. The maximum absolute atomic E-state index is 10.5. The fraction of sp³-hybridized carbons (Fsp3) is 0.900. The number of hydrogen-bond acceptors (Lipinski definition) is 5. The summed E-state index contributed by atoms with van der Waals surface area (Å²) < 4.78 is 30.0. The van der Waals surface area contributed by atoms with Crippen LogP contribution in [0.25, 0.3) is 0 Å². The molecule has 0 aliphatic rings. The smallest absolute Gasteiger partial charge is 0.330 e. The second-order valence-electron chi connectivity index (χ2n) is 3.86. The normalized spacial score (nSPS) is 12.3. The van der Waals surface area contributed by atoms with Crippen LogP contribution in [0, 0.1) is 5.92 Å². The Kier molecular flexibility index (Phi) is 12.4. The molecule has 8 heteroatoms. The van der Waals surface area contributed by atoms with E-state index in [0.717, 1.165) is 12.8 Å². The van der Waals surface area contributed by atoms with Crippen LogP contribution in [0.5, 0.6) is 0 Å². The Bertz CT molecular complexity index is 295. The topological polar surface area (TPSA) is 127 Å². The van der Waals surface area contributed by atoms with E-state index in [1.165, 1.54) is 19.8 Å². The van der Waals surface area contributed by atoms with Crippen LogP contribution in [0.3, 0.4) is 0 Å². The molecule has 7 nitrogen and oxygen atoms in total. The summed E-state index contributed by atoms with van der Waals surface area (Å²) in [5, 5.41) is 12.8. The molecule has 0 fully saturated rings. The lowest BCUT2D eigenvalue weighted by Gasteiger charge is -2.12. The van der Waals surface area contributed by atoms with Crippen LogP contribution >= 0.6 is 0 Å². The molecule has 0 aromatic rings. The Morgan fingerprint density at radius 2 is 1.89 bits per heavy atom. The van der Waals surface area contributed by atoms with Crippen molar-refractivity contribution in [2.45, 2.75) is 39.5 Å². The van der Waals surface area contributed by atoms with Crippen LogP contribution in [0.2, 0.25) is 0 Å². The van der Waals surface area contributed by atoms with Gasteiger partial charge < -0.3 is 9.84 Å². The lowest BCUT2D eigenvalue weighted by atomic mass is 10.0. The van der Waals surface area contributed by atoms with Gasteiger partial charge in [-0.1, -0.05) is 26.2 Å². The largest absolute Gasteiger partial charge is 0.465 e.